The van der Waals surface area contributed by atoms with Crippen molar-refractivity contribution >= 4 is 16.0 Å². The maximum atomic E-state index is 12.6. The third-order valence-electron chi connectivity index (χ3n) is 3.73. The van der Waals surface area contributed by atoms with Crippen molar-refractivity contribution in [1.29, 1.82) is 0 Å². The van der Waals surface area contributed by atoms with Crippen LogP contribution in [0.3, 0.4) is 0 Å². The molecule has 1 heterocycles. The first-order valence-corrected chi connectivity index (χ1v) is 8.91. The normalized spacial score (nSPS) is 17.5. The van der Waals surface area contributed by atoms with E-state index in [-0.39, 0.29) is 0 Å². The second kappa shape index (κ2) is 7.11. The minimum absolute atomic E-state index is 0.338. The lowest BCUT2D eigenvalue weighted by Gasteiger charge is -2.26. The lowest BCUT2D eigenvalue weighted by molar-refractivity contribution is 0.346. The molecule has 6 nitrogen and oxygen atoms in total. The zero-order chi connectivity index (χ0) is 16.2. The highest BCUT2D eigenvalue weighted by atomic mass is 32.2. The van der Waals surface area contributed by atoms with Crippen LogP contribution in [0.15, 0.2) is 34.2 Å². The molecule has 0 aromatic heterocycles. The molecule has 7 heteroatoms. The Kier molecular flexibility index (Phi) is 5.42. The van der Waals surface area contributed by atoms with Gasteiger partial charge in [-0.3, -0.25) is 0 Å². The Morgan fingerprint density at radius 3 is 2.59 bits per heavy atom. The number of hydrogen-bond acceptors (Lipinski definition) is 3. The molecule has 1 saturated heterocycles. The number of benzene rings is 1. The minimum atomic E-state index is -3.40. The van der Waals surface area contributed by atoms with Crippen molar-refractivity contribution in [2.75, 3.05) is 27.2 Å². The molecular formula is C15H24N4O2S. The molecule has 0 amide bonds. The van der Waals surface area contributed by atoms with Crippen LogP contribution < -0.4 is 5.73 Å². The van der Waals surface area contributed by atoms with Gasteiger partial charge in [0.1, 0.15) is 0 Å². The molecule has 122 valence electrons. The molecule has 1 aliphatic rings. The van der Waals surface area contributed by atoms with Crippen molar-refractivity contribution in [1.82, 2.24) is 9.21 Å². The first kappa shape index (κ1) is 16.8. The van der Waals surface area contributed by atoms with Gasteiger partial charge >= 0.3 is 0 Å². The Hall–Kier alpha value is -1.60. The van der Waals surface area contributed by atoms with Gasteiger partial charge in [-0.2, -0.15) is 4.31 Å². The standard InChI is InChI=1S/C15H24N4O2S/c1-18(2)15(16)17-12-13-7-6-8-14(11-13)22(20,21)19-9-4-3-5-10-19/h6-8,11H,3-5,9-10,12H2,1-2H3,(H2,16,17). The summed E-state index contributed by atoms with van der Waals surface area (Å²) < 4.78 is 26.9. The fourth-order valence-corrected chi connectivity index (χ4v) is 3.96. The Morgan fingerprint density at radius 2 is 1.95 bits per heavy atom. The smallest absolute Gasteiger partial charge is 0.243 e. The summed E-state index contributed by atoms with van der Waals surface area (Å²) in [6.07, 6.45) is 2.97. The van der Waals surface area contributed by atoms with Gasteiger partial charge in [0.2, 0.25) is 10.0 Å². The zero-order valence-electron chi connectivity index (χ0n) is 13.2. The molecule has 0 radical (unpaired) electrons. The highest BCUT2D eigenvalue weighted by Gasteiger charge is 2.25. The number of hydrogen-bond donors (Lipinski definition) is 1. The SMILES string of the molecule is CN(C)C(N)=NCc1cccc(S(=O)(=O)N2CCCCC2)c1. The largest absolute Gasteiger partial charge is 0.370 e. The van der Waals surface area contributed by atoms with Gasteiger partial charge in [-0.25, -0.2) is 13.4 Å². The summed E-state index contributed by atoms with van der Waals surface area (Å²) in [5.41, 5.74) is 6.59. The number of piperidine rings is 1. The van der Waals surface area contributed by atoms with Crippen molar-refractivity contribution in [3.05, 3.63) is 29.8 Å². The lowest BCUT2D eigenvalue weighted by Crippen LogP contribution is -2.35. The van der Waals surface area contributed by atoms with Crippen LogP contribution in [0.25, 0.3) is 0 Å². The van der Waals surface area contributed by atoms with Crippen LogP contribution in [0.5, 0.6) is 0 Å². The molecule has 1 aliphatic heterocycles. The van der Waals surface area contributed by atoms with Crippen LogP contribution in [0.4, 0.5) is 0 Å². The quantitative estimate of drug-likeness (QED) is 0.667. The van der Waals surface area contributed by atoms with Gasteiger partial charge in [-0.15, -0.1) is 0 Å². The van der Waals surface area contributed by atoms with Gasteiger partial charge in [-0.1, -0.05) is 18.6 Å². The number of nitrogens with two attached hydrogens (primary N) is 1. The molecule has 0 unspecified atom stereocenters. The molecule has 1 aromatic rings. The van der Waals surface area contributed by atoms with Gasteiger partial charge in [0.05, 0.1) is 11.4 Å². The molecule has 0 spiro atoms. The number of aliphatic imine (C=N–C) groups is 1. The van der Waals surface area contributed by atoms with Crippen molar-refractivity contribution in [2.24, 2.45) is 10.7 Å². The summed E-state index contributed by atoms with van der Waals surface area (Å²) in [7, 11) is 0.235. The summed E-state index contributed by atoms with van der Waals surface area (Å²) in [6.45, 7) is 1.59. The summed E-state index contributed by atoms with van der Waals surface area (Å²) in [5, 5.41) is 0. The number of sulfonamides is 1. The third kappa shape index (κ3) is 3.98. The van der Waals surface area contributed by atoms with E-state index >= 15 is 0 Å². The summed E-state index contributed by atoms with van der Waals surface area (Å²) in [6, 6.07) is 6.96. The van der Waals surface area contributed by atoms with E-state index in [2.05, 4.69) is 4.99 Å². The number of guanidine groups is 1. The van der Waals surface area contributed by atoms with Crippen LogP contribution in [-0.2, 0) is 16.6 Å². The molecular weight excluding hydrogens is 300 g/mol. The highest BCUT2D eigenvalue weighted by molar-refractivity contribution is 7.89. The molecule has 1 aromatic carbocycles. The molecule has 0 saturated carbocycles. The maximum Gasteiger partial charge on any atom is 0.243 e. The molecule has 0 bridgehead atoms. The molecule has 22 heavy (non-hydrogen) atoms. The summed E-state index contributed by atoms with van der Waals surface area (Å²) >= 11 is 0. The molecule has 0 atom stereocenters. The van der Waals surface area contributed by atoms with E-state index in [0.29, 0.717) is 30.5 Å². The van der Waals surface area contributed by atoms with E-state index < -0.39 is 10.0 Å². The molecule has 1 fully saturated rings. The van der Waals surface area contributed by atoms with E-state index in [1.165, 1.54) is 0 Å². The van der Waals surface area contributed by atoms with E-state index in [4.69, 9.17) is 5.73 Å². The average molecular weight is 324 g/mol. The van der Waals surface area contributed by atoms with Crippen LogP contribution in [0.1, 0.15) is 24.8 Å². The van der Waals surface area contributed by atoms with Crippen LogP contribution in [0.2, 0.25) is 0 Å². The van der Waals surface area contributed by atoms with Crippen molar-refractivity contribution in [3.8, 4) is 0 Å². The van der Waals surface area contributed by atoms with Gasteiger partial charge in [-0.05, 0) is 30.5 Å². The van der Waals surface area contributed by atoms with Gasteiger partial charge in [0.15, 0.2) is 5.96 Å². The first-order valence-electron chi connectivity index (χ1n) is 7.47. The third-order valence-corrected chi connectivity index (χ3v) is 5.63. The summed E-state index contributed by atoms with van der Waals surface area (Å²) in [5.74, 6) is 0.421. The monoisotopic (exact) mass is 324 g/mol. The highest BCUT2D eigenvalue weighted by Crippen LogP contribution is 2.21. The molecule has 0 aliphatic carbocycles. The Bertz CT molecular complexity index is 635. The van der Waals surface area contributed by atoms with E-state index in [9.17, 15) is 8.42 Å². The Labute approximate surface area is 132 Å². The predicted molar refractivity (Wildman–Crippen MR) is 88.1 cm³/mol. The van der Waals surface area contributed by atoms with Crippen LogP contribution in [-0.4, -0.2) is 50.8 Å². The van der Waals surface area contributed by atoms with Crippen molar-refractivity contribution in [3.63, 3.8) is 0 Å². The van der Waals surface area contributed by atoms with Crippen LogP contribution in [0, 0.1) is 0 Å². The molecule has 2 N–H and O–H groups in total. The van der Waals surface area contributed by atoms with Gasteiger partial charge in [0, 0.05) is 27.2 Å². The van der Waals surface area contributed by atoms with Crippen LogP contribution >= 0.6 is 0 Å². The fraction of sp³-hybridized carbons (Fsp3) is 0.533. The van der Waals surface area contributed by atoms with E-state index in [1.807, 2.05) is 20.2 Å². The van der Waals surface area contributed by atoms with E-state index in [1.54, 1.807) is 27.4 Å². The van der Waals surface area contributed by atoms with Crippen molar-refractivity contribution in [2.45, 2.75) is 30.7 Å². The van der Waals surface area contributed by atoms with Crippen molar-refractivity contribution < 1.29 is 8.42 Å². The maximum absolute atomic E-state index is 12.6. The van der Waals surface area contributed by atoms with Gasteiger partial charge in [0.25, 0.3) is 0 Å². The zero-order valence-corrected chi connectivity index (χ0v) is 14.0. The van der Waals surface area contributed by atoms with Gasteiger partial charge < -0.3 is 10.6 Å². The fourth-order valence-electron chi connectivity index (χ4n) is 2.37. The predicted octanol–water partition coefficient (Wildman–Crippen LogP) is 1.24. The second-order valence-corrected chi connectivity index (χ2v) is 7.62. The number of rotatable bonds is 4. The minimum Gasteiger partial charge on any atom is -0.370 e. The topological polar surface area (TPSA) is 79.0 Å². The Morgan fingerprint density at radius 1 is 1.27 bits per heavy atom. The summed E-state index contributed by atoms with van der Waals surface area (Å²) in [4.78, 5) is 6.30. The first-order chi connectivity index (χ1) is 10.4. The number of nitrogens with zero attached hydrogens (tertiary/aromatic N) is 3. The Balaban J connectivity index is 2.18. The second-order valence-electron chi connectivity index (χ2n) is 5.68. The lowest BCUT2D eigenvalue weighted by atomic mass is 10.2. The average Bonchev–Trinajstić information content (AvgIpc) is 2.53. The molecule has 2 rings (SSSR count). The van der Waals surface area contributed by atoms with E-state index in [0.717, 1.165) is 24.8 Å².